The van der Waals surface area contributed by atoms with Crippen molar-refractivity contribution in [3.8, 4) is 22.5 Å². The zero-order chi connectivity index (χ0) is 17.6. The number of nitrogens with zero attached hydrogens (tertiary/aromatic N) is 2. The molecule has 0 aliphatic carbocycles. The summed E-state index contributed by atoms with van der Waals surface area (Å²) in [4.78, 5) is 28.1. The van der Waals surface area contributed by atoms with Crippen molar-refractivity contribution in [3.05, 3.63) is 58.9 Å². The molecule has 2 aromatic carbocycles. The average molecular weight is 333 g/mol. The third-order valence-electron chi connectivity index (χ3n) is 4.26. The van der Waals surface area contributed by atoms with Crippen molar-refractivity contribution in [2.45, 2.75) is 13.5 Å². The molecule has 25 heavy (non-hydrogen) atoms. The Morgan fingerprint density at radius 3 is 2.72 bits per heavy atom. The second-order valence-electron chi connectivity index (χ2n) is 5.89. The summed E-state index contributed by atoms with van der Waals surface area (Å²) in [5.74, 6) is 0.532. The Bertz CT molecular complexity index is 1020. The predicted molar refractivity (Wildman–Crippen MR) is 91.7 cm³/mol. The van der Waals surface area contributed by atoms with Gasteiger partial charge in [0.1, 0.15) is 5.82 Å². The predicted octanol–water partition coefficient (Wildman–Crippen LogP) is 1.79. The van der Waals surface area contributed by atoms with Crippen LogP contribution in [-0.4, -0.2) is 27.0 Å². The number of aromatic amines is 1. The van der Waals surface area contributed by atoms with Gasteiger partial charge >= 0.3 is 0 Å². The molecule has 0 spiro atoms. The maximum absolute atomic E-state index is 12.4. The molecule has 1 aromatic heterocycles. The lowest BCUT2D eigenvalue weighted by Gasteiger charge is -2.11. The highest BCUT2D eigenvalue weighted by Crippen LogP contribution is 2.35. The highest BCUT2D eigenvalue weighted by atomic mass is 16.2. The topological polar surface area (TPSA) is 114 Å². The quantitative estimate of drug-likeness (QED) is 0.678. The molecule has 7 heteroatoms. The van der Waals surface area contributed by atoms with Crippen LogP contribution in [-0.2, 0) is 6.54 Å². The van der Waals surface area contributed by atoms with E-state index in [-0.39, 0.29) is 5.91 Å². The van der Waals surface area contributed by atoms with Crippen LogP contribution in [0, 0.1) is 6.92 Å². The maximum atomic E-state index is 12.4. The van der Waals surface area contributed by atoms with Crippen LogP contribution in [0.15, 0.2) is 36.4 Å². The molecule has 0 radical (unpaired) electrons. The number of hydrogen-bond donors (Lipinski definition) is 3. The summed E-state index contributed by atoms with van der Waals surface area (Å²) < 4.78 is 0. The molecule has 0 saturated heterocycles. The molecule has 0 atom stereocenters. The highest BCUT2D eigenvalue weighted by Gasteiger charge is 2.27. The van der Waals surface area contributed by atoms with Crippen LogP contribution in [0.4, 0.5) is 0 Å². The number of nitrogens with one attached hydrogen (secondary N) is 2. The Kier molecular flexibility index (Phi) is 3.35. The van der Waals surface area contributed by atoms with E-state index in [0.29, 0.717) is 34.9 Å². The molecular formula is C18H15N5O2. The molecule has 2 amide bonds. The molecule has 1 aliphatic heterocycles. The molecule has 0 bridgehead atoms. The number of hydrogen-bond acceptors (Lipinski definition) is 4. The van der Waals surface area contributed by atoms with Crippen molar-refractivity contribution >= 4 is 11.8 Å². The lowest BCUT2D eigenvalue weighted by atomic mass is 9.92. The summed E-state index contributed by atoms with van der Waals surface area (Å²) in [7, 11) is 0. The zero-order valence-electron chi connectivity index (χ0n) is 13.5. The van der Waals surface area contributed by atoms with Gasteiger partial charge < -0.3 is 11.1 Å². The van der Waals surface area contributed by atoms with E-state index in [4.69, 9.17) is 5.73 Å². The van der Waals surface area contributed by atoms with E-state index in [9.17, 15) is 9.59 Å². The number of benzene rings is 2. The monoisotopic (exact) mass is 333 g/mol. The Hall–Kier alpha value is -3.48. The van der Waals surface area contributed by atoms with Gasteiger partial charge in [0.25, 0.3) is 5.91 Å². The molecule has 1 aliphatic rings. The summed E-state index contributed by atoms with van der Waals surface area (Å²) in [5.41, 5.74) is 9.64. The highest BCUT2D eigenvalue weighted by molar-refractivity contribution is 6.06. The van der Waals surface area contributed by atoms with E-state index in [1.807, 2.05) is 18.2 Å². The zero-order valence-corrected chi connectivity index (χ0v) is 13.5. The van der Waals surface area contributed by atoms with Gasteiger partial charge in [0.2, 0.25) is 5.91 Å². The van der Waals surface area contributed by atoms with Crippen LogP contribution in [0.25, 0.3) is 22.5 Å². The minimum absolute atomic E-state index is 0.152. The Labute approximate surface area is 143 Å². The van der Waals surface area contributed by atoms with E-state index in [1.54, 1.807) is 25.1 Å². The Morgan fingerprint density at radius 1 is 1.20 bits per heavy atom. The van der Waals surface area contributed by atoms with Crippen LogP contribution in [0.5, 0.6) is 0 Å². The van der Waals surface area contributed by atoms with Crippen molar-refractivity contribution in [2.24, 2.45) is 5.73 Å². The fourth-order valence-electron chi connectivity index (χ4n) is 3.11. The minimum Gasteiger partial charge on any atom is -0.366 e. The van der Waals surface area contributed by atoms with Crippen molar-refractivity contribution in [1.82, 2.24) is 20.5 Å². The van der Waals surface area contributed by atoms with E-state index in [1.165, 1.54) is 0 Å². The van der Waals surface area contributed by atoms with Gasteiger partial charge in [0.05, 0.1) is 5.56 Å². The molecular weight excluding hydrogens is 318 g/mol. The third kappa shape index (κ3) is 2.46. The number of nitrogens with two attached hydrogens (primary N) is 1. The lowest BCUT2D eigenvalue weighted by molar-refractivity contribution is 0.0964. The van der Waals surface area contributed by atoms with Crippen LogP contribution < -0.4 is 11.1 Å². The summed E-state index contributed by atoms with van der Waals surface area (Å²) in [6.45, 7) is 2.22. The number of aryl methyl sites for hydroxylation is 1. The van der Waals surface area contributed by atoms with Gasteiger partial charge in [-0.2, -0.15) is 5.10 Å². The first-order valence-electron chi connectivity index (χ1n) is 7.78. The van der Waals surface area contributed by atoms with Gasteiger partial charge in [-0.05, 0) is 41.8 Å². The van der Waals surface area contributed by atoms with Crippen LogP contribution in [0.1, 0.15) is 32.1 Å². The van der Waals surface area contributed by atoms with E-state index in [2.05, 4.69) is 20.5 Å². The number of primary amides is 1. The molecule has 0 fully saturated rings. The number of carbonyl (C=O) groups is 2. The fourth-order valence-corrected chi connectivity index (χ4v) is 3.11. The molecule has 7 nitrogen and oxygen atoms in total. The SMILES string of the molecule is Cc1nc(-c2ccc(-c3cccc(C(N)=O)c3)c3c2C(=O)NC3)n[nH]1. The van der Waals surface area contributed by atoms with Gasteiger partial charge in [-0.1, -0.05) is 18.2 Å². The van der Waals surface area contributed by atoms with Crippen molar-refractivity contribution in [2.75, 3.05) is 0 Å². The minimum atomic E-state index is -0.486. The van der Waals surface area contributed by atoms with Crippen molar-refractivity contribution in [3.63, 3.8) is 0 Å². The summed E-state index contributed by atoms with van der Waals surface area (Å²) >= 11 is 0. The number of carbonyl (C=O) groups excluding carboxylic acids is 2. The second kappa shape index (κ2) is 5.55. The Balaban J connectivity index is 1.91. The molecule has 0 saturated carbocycles. The number of rotatable bonds is 3. The molecule has 0 unspecified atom stereocenters. The lowest BCUT2D eigenvalue weighted by Crippen LogP contribution is -2.13. The third-order valence-corrected chi connectivity index (χ3v) is 4.26. The first-order chi connectivity index (χ1) is 12.0. The molecule has 4 N–H and O–H groups in total. The fraction of sp³-hybridized carbons (Fsp3) is 0.111. The number of aromatic nitrogens is 3. The summed E-state index contributed by atoms with van der Waals surface area (Å²) in [6, 6.07) is 10.8. The van der Waals surface area contributed by atoms with Crippen molar-refractivity contribution in [1.29, 1.82) is 0 Å². The number of amides is 2. The number of H-pyrrole nitrogens is 1. The smallest absolute Gasteiger partial charge is 0.252 e. The Morgan fingerprint density at radius 2 is 2.00 bits per heavy atom. The standard InChI is InChI=1S/C18H15N5O2/c1-9-21-17(23-22-9)13-6-5-12(14-8-20-18(25)15(13)14)10-3-2-4-11(7-10)16(19)24/h2-7H,8H2,1H3,(H2,19,24)(H,20,25)(H,21,22,23). The van der Waals surface area contributed by atoms with Crippen LogP contribution in [0.3, 0.4) is 0 Å². The van der Waals surface area contributed by atoms with E-state index in [0.717, 1.165) is 16.7 Å². The average Bonchev–Trinajstić information content (AvgIpc) is 3.21. The maximum Gasteiger partial charge on any atom is 0.252 e. The van der Waals surface area contributed by atoms with Gasteiger partial charge in [0, 0.05) is 17.7 Å². The van der Waals surface area contributed by atoms with Crippen LogP contribution >= 0.6 is 0 Å². The van der Waals surface area contributed by atoms with Gasteiger partial charge in [0.15, 0.2) is 5.82 Å². The van der Waals surface area contributed by atoms with Crippen LogP contribution in [0.2, 0.25) is 0 Å². The summed E-state index contributed by atoms with van der Waals surface area (Å²) in [5, 5.41) is 9.81. The normalized spacial score (nSPS) is 12.8. The van der Waals surface area contributed by atoms with Gasteiger partial charge in [-0.25, -0.2) is 4.98 Å². The van der Waals surface area contributed by atoms with Gasteiger partial charge in [-0.15, -0.1) is 0 Å². The largest absolute Gasteiger partial charge is 0.366 e. The molecule has 2 heterocycles. The van der Waals surface area contributed by atoms with Crippen molar-refractivity contribution < 1.29 is 9.59 Å². The first kappa shape index (κ1) is 15.1. The van der Waals surface area contributed by atoms with E-state index >= 15 is 0 Å². The molecule has 124 valence electrons. The first-order valence-corrected chi connectivity index (χ1v) is 7.78. The summed E-state index contributed by atoms with van der Waals surface area (Å²) in [6.07, 6.45) is 0. The van der Waals surface area contributed by atoms with E-state index < -0.39 is 5.91 Å². The number of fused-ring (bicyclic) bond motifs is 1. The molecule has 3 aromatic rings. The second-order valence-corrected chi connectivity index (χ2v) is 5.89. The van der Waals surface area contributed by atoms with Gasteiger partial charge in [-0.3, -0.25) is 14.7 Å². The molecule has 4 rings (SSSR count).